The van der Waals surface area contributed by atoms with Crippen LogP contribution in [0.3, 0.4) is 0 Å². The minimum Gasteiger partial charge on any atom is -1.00 e. The minimum absolute atomic E-state index is 0. The van der Waals surface area contributed by atoms with Gasteiger partial charge in [-0.25, -0.2) is 0 Å². The van der Waals surface area contributed by atoms with E-state index in [1.54, 1.807) is 32.4 Å². The third kappa shape index (κ3) is 3.77. The Morgan fingerprint density at radius 3 is 2.57 bits per heavy atom. The Morgan fingerprint density at radius 1 is 1.11 bits per heavy atom. The SMILES string of the molecule is COc1ccc(C(=O)C[n+]2ccc(-c3nnc4n3CCC4)cc2)cc1OC.[Br-]. The van der Waals surface area contributed by atoms with Gasteiger partial charge in [-0.3, -0.25) is 4.79 Å². The Morgan fingerprint density at radius 2 is 1.86 bits per heavy atom. The number of benzene rings is 1. The molecule has 1 aliphatic heterocycles. The van der Waals surface area contributed by atoms with E-state index in [2.05, 4.69) is 14.8 Å². The molecule has 0 saturated heterocycles. The van der Waals surface area contributed by atoms with E-state index in [1.807, 2.05) is 29.1 Å². The summed E-state index contributed by atoms with van der Waals surface area (Å²) in [6, 6.07) is 9.13. The monoisotopic (exact) mass is 444 g/mol. The van der Waals surface area contributed by atoms with Gasteiger partial charge in [-0.05, 0) is 24.6 Å². The normalized spacial score (nSPS) is 12.2. The molecule has 0 unspecified atom stereocenters. The maximum Gasteiger partial charge on any atom is 0.227 e. The zero-order valence-electron chi connectivity index (χ0n) is 15.8. The van der Waals surface area contributed by atoms with Gasteiger partial charge in [-0.2, -0.15) is 4.57 Å². The first-order valence-corrected chi connectivity index (χ1v) is 8.86. The molecule has 28 heavy (non-hydrogen) atoms. The first kappa shape index (κ1) is 20.0. The second-order valence-corrected chi connectivity index (χ2v) is 6.45. The molecule has 0 atom stereocenters. The zero-order valence-corrected chi connectivity index (χ0v) is 17.3. The number of halogens is 1. The standard InChI is InChI=1S/C20H21N4O3.BrH/c1-26-17-6-5-15(12-18(17)27-2)16(25)13-23-10-7-14(8-11-23)20-22-21-19-4-3-9-24(19)20;/h5-8,10-12H,3-4,9,13H2,1-2H3;1H/q+1;/p-1. The van der Waals surface area contributed by atoms with Crippen molar-refractivity contribution in [3.63, 3.8) is 0 Å². The molecule has 1 aliphatic rings. The molecule has 2 aromatic heterocycles. The van der Waals surface area contributed by atoms with E-state index in [-0.39, 0.29) is 29.3 Å². The van der Waals surface area contributed by atoms with Crippen molar-refractivity contribution in [3.05, 3.63) is 54.1 Å². The van der Waals surface area contributed by atoms with Crippen LogP contribution < -0.4 is 31.0 Å². The fourth-order valence-electron chi connectivity index (χ4n) is 3.34. The first-order valence-electron chi connectivity index (χ1n) is 8.86. The van der Waals surface area contributed by atoms with Gasteiger partial charge < -0.3 is 31.0 Å². The Bertz CT molecular complexity index is 986. The first-order chi connectivity index (χ1) is 13.2. The molecule has 0 aliphatic carbocycles. The summed E-state index contributed by atoms with van der Waals surface area (Å²) in [7, 11) is 3.13. The number of aromatic nitrogens is 4. The van der Waals surface area contributed by atoms with E-state index in [0.29, 0.717) is 17.1 Å². The number of ketones is 1. The quantitative estimate of drug-likeness (QED) is 0.363. The lowest BCUT2D eigenvalue weighted by atomic mass is 10.1. The summed E-state index contributed by atoms with van der Waals surface area (Å²) in [5.41, 5.74) is 1.59. The Balaban J connectivity index is 0.00000225. The fourth-order valence-corrected chi connectivity index (χ4v) is 3.34. The number of rotatable bonds is 6. The van der Waals surface area contributed by atoms with Gasteiger partial charge in [0.15, 0.2) is 29.7 Å². The Kier molecular flexibility index (Phi) is 6.08. The summed E-state index contributed by atoms with van der Waals surface area (Å²) in [6.45, 7) is 1.21. The van der Waals surface area contributed by atoms with Crippen molar-refractivity contribution in [2.45, 2.75) is 25.9 Å². The molecule has 3 heterocycles. The Labute approximate surface area is 173 Å². The van der Waals surface area contributed by atoms with Crippen molar-refractivity contribution in [2.24, 2.45) is 0 Å². The molecule has 8 heteroatoms. The molecule has 146 valence electrons. The van der Waals surface area contributed by atoms with Crippen molar-refractivity contribution in [1.82, 2.24) is 14.8 Å². The number of hydrogen-bond acceptors (Lipinski definition) is 5. The fraction of sp³-hybridized carbons (Fsp3) is 0.300. The van der Waals surface area contributed by atoms with Crippen LogP contribution in [0.2, 0.25) is 0 Å². The lowest BCUT2D eigenvalue weighted by Gasteiger charge is -2.08. The van der Waals surface area contributed by atoms with Gasteiger partial charge in [0.05, 0.1) is 14.2 Å². The van der Waals surface area contributed by atoms with E-state index in [9.17, 15) is 4.79 Å². The average Bonchev–Trinajstić information content (AvgIpc) is 3.32. The summed E-state index contributed by atoms with van der Waals surface area (Å²) in [6.07, 6.45) is 5.89. The molecule has 7 nitrogen and oxygen atoms in total. The van der Waals surface area contributed by atoms with E-state index in [0.717, 1.165) is 36.6 Å². The van der Waals surface area contributed by atoms with Gasteiger partial charge >= 0.3 is 0 Å². The second-order valence-electron chi connectivity index (χ2n) is 6.45. The number of hydrogen-bond donors (Lipinski definition) is 0. The highest BCUT2D eigenvalue weighted by atomic mass is 79.9. The zero-order chi connectivity index (χ0) is 18.8. The average molecular weight is 445 g/mol. The molecule has 0 N–H and O–H groups in total. The van der Waals surface area contributed by atoms with Crippen LogP contribution in [-0.4, -0.2) is 34.8 Å². The number of nitrogens with zero attached hydrogens (tertiary/aromatic N) is 4. The van der Waals surface area contributed by atoms with Crippen LogP contribution in [0.25, 0.3) is 11.4 Å². The summed E-state index contributed by atoms with van der Waals surface area (Å²) in [5.74, 6) is 3.08. The molecule has 0 spiro atoms. The highest BCUT2D eigenvalue weighted by molar-refractivity contribution is 5.95. The van der Waals surface area contributed by atoms with Crippen LogP contribution in [0.1, 0.15) is 22.6 Å². The van der Waals surface area contributed by atoms with Crippen LogP contribution in [0.15, 0.2) is 42.7 Å². The summed E-state index contributed by atoms with van der Waals surface area (Å²) < 4.78 is 14.5. The van der Waals surface area contributed by atoms with Crippen LogP contribution in [0.4, 0.5) is 0 Å². The summed E-state index contributed by atoms with van der Waals surface area (Å²) in [5, 5.41) is 8.54. The summed E-state index contributed by atoms with van der Waals surface area (Å²) in [4.78, 5) is 12.6. The van der Waals surface area contributed by atoms with Crippen LogP contribution in [-0.2, 0) is 19.5 Å². The molecular formula is C20H21BrN4O3. The predicted molar refractivity (Wildman–Crippen MR) is 97.9 cm³/mol. The molecule has 0 saturated carbocycles. The maximum atomic E-state index is 12.6. The number of pyridine rings is 1. The molecule has 0 radical (unpaired) electrons. The van der Waals surface area contributed by atoms with Crippen LogP contribution in [0, 0.1) is 0 Å². The van der Waals surface area contributed by atoms with Gasteiger partial charge in [0.1, 0.15) is 5.82 Å². The van der Waals surface area contributed by atoms with Crippen molar-refractivity contribution in [1.29, 1.82) is 0 Å². The number of methoxy groups -OCH3 is 2. The molecule has 1 aromatic carbocycles. The predicted octanol–water partition coefficient (Wildman–Crippen LogP) is -0.917. The van der Waals surface area contributed by atoms with E-state index in [4.69, 9.17) is 9.47 Å². The highest BCUT2D eigenvalue weighted by Crippen LogP contribution is 2.27. The molecular weight excluding hydrogens is 424 g/mol. The van der Waals surface area contributed by atoms with Crippen molar-refractivity contribution < 1.29 is 35.8 Å². The smallest absolute Gasteiger partial charge is 0.227 e. The van der Waals surface area contributed by atoms with Crippen molar-refractivity contribution in [2.75, 3.05) is 14.2 Å². The van der Waals surface area contributed by atoms with Gasteiger partial charge in [0.25, 0.3) is 0 Å². The van der Waals surface area contributed by atoms with E-state index in [1.165, 1.54) is 0 Å². The topological polar surface area (TPSA) is 70.1 Å². The largest absolute Gasteiger partial charge is 1.00 e. The minimum atomic E-state index is -0.00271. The van der Waals surface area contributed by atoms with E-state index >= 15 is 0 Å². The number of ether oxygens (including phenoxy) is 2. The second kappa shape index (κ2) is 8.52. The number of aryl methyl sites for hydroxylation is 1. The number of carbonyl (C=O) groups is 1. The number of Topliss-reactive ketones (excluding diaryl/α,β-unsaturated/α-hetero) is 1. The number of carbonyl (C=O) groups excluding carboxylic acids is 1. The third-order valence-corrected chi connectivity index (χ3v) is 4.79. The highest BCUT2D eigenvalue weighted by Gasteiger charge is 2.20. The maximum absolute atomic E-state index is 12.6. The Hall–Kier alpha value is -2.74. The van der Waals surface area contributed by atoms with Crippen LogP contribution in [0.5, 0.6) is 11.5 Å². The molecule has 0 bridgehead atoms. The molecule has 0 amide bonds. The molecule has 3 aromatic rings. The van der Waals surface area contributed by atoms with Gasteiger partial charge in [0, 0.05) is 36.2 Å². The van der Waals surface area contributed by atoms with Gasteiger partial charge in [0.2, 0.25) is 12.3 Å². The van der Waals surface area contributed by atoms with Crippen molar-refractivity contribution >= 4 is 5.78 Å². The van der Waals surface area contributed by atoms with E-state index < -0.39 is 0 Å². The lowest BCUT2D eigenvalue weighted by molar-refractivity contribution is -0.683. The van der Waals surface area contributed by atoms with Gasteiger partial charge in [-0.1, -0.05) is 0 Å². The van der Waals surface area contributed by atoms with Gasteiger partial charge in [-0.15, -0.1) is 10.2 Å². The third-order valence-electron chi connectivity index (χ3n) is 4.79. The van der Waals surface area contributed by atoms with Crippen molar-refractivity contribution in [3.8, 4) is 22.9 Å². The number of fused-ring (bicyclic) bond motifs is 1. The molecule has 4 rings (SSSR count). The molecule has 0 fully saturated rings. The summed E-state index contributed by atoms with van der Waals surface area (Å²) >= 11 is 0. The van der Waals surface area contributed by atoms with Crippen LogP contribution >= 0.6 is 0 Å². The lowest BCUT2D eigenvalue weighted by Crippen LogP contribution is -3.00.